The Kier molecular flexibility index (Phi) is 5.05. The van der Waals surface area contributed by atoms with Crippen molar-refractivity contribution in [1.82, 2.24) is 10.6 Å². The normalized spacial score (nSPS) is 16.9. The summed E-state index contributed by atoms with van der Waals surface area (Å²) in [6.07, 6.45) is -3.65. The Labute approximate surface area is 138 Å². The lowest BCUT2D eigenvalue weighted by atomic mass is 9.95. The van der Waals surface area contributed by atoms with Crippen LogP contribution in [0, 0.1) is 5.92 Å². The molecule has 0 aromatic heterocycles. The van der Waals surface area contributed by atoms with Crippen LogP contribution < -0.4 is 16.0 Å². The molecule has 0 radical (unpaired) electrons. The Bertz CT molecular complexity index is 629. The number of hydrogen-bond donors (Lipinski definition) is 3. The molecular formula is C16H20F3N3O2. The first kappa shape index (κ1) is 18.1. The van der Waals surface area contributed by atoms with E-state index in [9.17, 15) is 22.8 Å². The molecule has 8 heteroatoms. The van der Waals surface area contributed by atoms with Gasteiger partial charge in [-0.3, -0.25) is 4.79 Å². The third kappa shape index (κ3) is 3.98. The van der Waals surface area contributed by atoms with E-state index in [1.165, 1.54) is 7.05 Å². The number of rotatable bonds is 5. The Morgan fingerprint density at radius 1 is 1.21 bits per heavy atom. The van der Waals surface area contributed by atoms with Gasteiger partial charge in [0.1, 0.15) is 5.54 Å². The third-order valence-electron chi connectivity index (χ3n) is 4.25. The lowest BCUT2D eigenvalue weighted by Gasteiger charge is -2.33. The number of para-hydroxylation sites is 1. The summed E-state index contributed by atoms with van der Waals surface area (Å²) in [5, 5.41) is 6.94. The molecule has 1 fully saturated rings. The summed E-state index contributed by atoms with van der Waals surface area (Å²) >= 11 is 0. The van der Waals surface area contributed by atoms with Crippen molar-refractivity contribution in [3.8, 4) is 0 Å². The minimum Gasteiger partial charge on any atom is -0.359 e. The molecule has 5 nitrogen and oxygen atoms in total. The lowest BCUT2D eigenvalue weighted by molar-refractivity contribution is -0.193. The Morgan fingerprint density at radius 2 is 1.83 bits per heavy atom. The van der Waals surface area contributed by atoms with Gasteiger partial charge in [-0.15, -0.1) is 0 Å². The van der Waals surface area contributed by atoms with E-state index in [-0.39, 0.29) is 12.3 Å². The topological polar surface area (TPSA) is 70.2 Å². The zero-order valence-electron chi connectivity index (χ0n) is 13.5. The van der Waals surface area contributed by atoms with Gasteiger partial charge >= 0.3 is 12.2 Å². The van der Waals surface area contributed by atoms with Crippen LogP contribution >= 0.6 is 0 Å². The highest BCUT2D eigenvalue weighted by Gasteiger charge is 2.60. The molecule has 1 saturated carbocycles. The molecule has 3 amide bonds. The number of likely N-dealkylation sites (N-methyl/N-ethyl adjacent to an activating group) is 1. The van der Waals surface area contributed by atoms with Crippen molar-refractivity contribution in [2.75, 3.05) is 12.4 Å². The van der Waals surface area contributed by atoms with E-state index in [0.717, 1.165) is 6.92 Å². The first-order chi connectivity index (χ1) is 11.2. The minimum absolute atomic E-state index is 0.0200. The third-order valence-corrected chi connectivity index (χ3v) is 4.25. The van der Waals surface area contributed by atoms with E-state index in [2.05, 4.69) is 16.0 Å². The lowest BCUT2D eigenvalue weighted by Crippen LogP contribution is -2.59. The SMILES string of the molecule is CNC(=O)Cc1ccccc1NC(=O)NC(C)(C1CC1)C(F)(F)F. The fourth-order valence-corrected chi connectivity index (χ4v) is 2.51. The van der Waals surface area contributed by atoms with Crippen LogP contribution in [0.4, 0.5) is 23.7 Å². The number of benzene rings is 1. The quantitative estimate of drug-likeness (QED) is 0.769. The van der Waals surface area contributed by atoms with E-state index < -0.39 is 23.7 Å². The molecular weight excluding hydrogens is 323 g/mol. The molecule has 0 heterocycles. The smallest absolute Gasteiger partial charge is 0.359 e. The van der Waals surface area contributed by atoms with Crippen LogP contribution in [0.15, 0.2) is 24.3 Å². The number of halogens is 3. The summed E-state index contributed by atoms with van der Waals surface area (Å²) in [5.41, 5.74) is -1.43. The first-order valence-corrected chi connectivity index (χ1v) is 7.61. The van der Waals surface area contributed by atoms with Gasteiger partial charge in [0.2, 0.25) is 5.91 Å². The summed E-state index contributed by atoms with van der Waals surface area (Å²) in [6, 6.07) is 5.55. The second kappa shape index (κ2) is 6.70. The van der Waals surface area contributed by atoms with Crippen LogP contribution in [0.1, 0.15) is 25.3 Å². The van der Waals surface area contributed by atoms with Gasteiger partial charge in [0.15, 0.2) is 0 Å². The molecule has 1 aromatic carbocycles. The first-order valence-electron chi connectivity index (χ1n) is 7.61. The van der Waals surface area contributed by atoms with Crippen molar-refractivity contribution in [2.24, 2.45) is 5.92 Å². The second-order valence-electron chi connectivity index (χ2n) is 6.06. The molecule has 1 aliphatic carbocycles. The average Bonchev–Trinajstić information content (AvgIpc) is 3.32. The average molecular weight is 343 g/mol. The molecule has 0 bridgehead atoms. The predicted molar refractivity (Wildman–Crippen MR) is 83.6 cm³/mol. The summed E-state index contributed by atoms with van der Waals surface area (Å²) in [7, 11) is 1.48. The van der Waals surface area contributed by atoms with Gasteiger partial charge in [0.25, 0.3) is 0 Å². The van der Waals surface area contributed by atoms with Crippen LogP contribution in [0.5, 0.6) is 0 Å². The van der Waals surface area contributed by atoms with Crippen molar-refractivity contribution >= 4 is 17.6 Å². The standard InChI is InChI=1S/C16H20F3N3O2/c1-15(11-7-8-11,16(17,18)19)22-14(24)21-12-6-4-3-5-10(12)9-13(23)20-2/h3-6,11H,7-9H2,1-2H3,(H,20,23)(H2,21,22,24). The van der Waals surface area contributed by atoms with Crippen LogP contribution in [0.2, 0.25) is 0 Å². The summed E-state index contributed by atoms with van der Waals surface area (Å²) < 4.78 is 39.9. The molecule has 1 aliphatic rings. The van der Waals surface area contributed by atoms with Crippen LogP contribution in [-0.2, 0) is 11.2 Å². The van der Waals surface area contributed by atoms with Gasteiger partial charge in [-0.1, -0.05) is 18.2 Å². The molecule has 24 heavy (non-hydrogen) atoms. The molecule has 0 aliphatic heterocycles. The number of hydrogen-bond acceptors (Lipinski definition) is 2. The summed E-state index contributed by atoms with van der Waals surface area (Å²) in [6.45, 7) is 1.00. The Balaban J connectivity index is 2.11. The maximum absolute atomic E-state index is 13.3. The van der Waals surface area contributed by atoms with E-state index >= 15 is 0 Å². The molecule has 1 atom stereocenters. The molecule has 0 saturated heterocycles. The van der Waals surface area contributed by atoms with Gasteiger partial charge in [0.05, 0.1) is 6.42 Å². The fraction of sp³-hybridized carbons (Fsp3) is 0.500. The minimum atomic E-state index is -4.53. The predicted octanol–water partition coefficient (Wildman–Crippen LogP) is 2.83. The second-order valence-corrected chi connectivity index (χ2v) is 6.06. The van der Waals surface area contributed by atoms with E-state index in [4.69, 9.17) is 0 Å². The Morgan fingerprint density at radius 3 is 2.38 bits per heavy atom. The zero-order chi connectivity index (χ0) is 18.0. The van der Waals surface area contributed by atoms with E-state index in [1.54, 1.807) is 24.3 Å². The highest BCUT2D eigenvalue weighted by Crippen LogP contribution is 2.48. The van der Waals surface area contributed by atoms with Crippen LogP contribution in [0.3, 0.4) is 0 Å². The number of amides is 3. The number of urea groups is 1. The van der Waals surface area contributed by atoms with Crippen LogP contribution in [-0.4, -0.2) is 30.7 Å². The summed E-state index contributed by atoms with van der Waals surface area (Å²) in [5.74, 6) is -0.868. The fourth-order valence-electron chi connectivity index (χ4n) is 2.51. The molecule has 0 spiro atoms. The maximum Gasteiger partial charge on any atom is 0.411 e. The number of nitrogens with one attached hydrogen (secondary N) is 3. The van der Waals surface area contributed by atoms with Crippen molar-refractivity contribution in [3.05, 3.63) is 29.8 Å². The van der Waals surface area contributed by atoms with Crippen molar-refractivity contribution in [2.45, 2.75) is 37.9 Å². The van der Waals surface area contributed by atoms with E-state index in [0.29, 0.717) is 24.1 Å². The number of carbonyl (C=O) groups is 2. The highest BCUT2D eigenvalue weighted by atomic mass is 19.4. The highest BCUT2D eigenvalue weighted by molar-refractivity contribution is 5.92. The molecule has 2 rings (SSSR count). The zero-order valence-corrected chi connectivity index (χ0v) is 13.5. The summed E-state index contributed by atoms with van der Waals surface area (Å²) in [4.78, 5) is 23.6. The van der Waals surface area contributed by atoms with Crippen molar-refractivity contribution < 1.29 is 22.8 Å². The van der Waals surface area contributed by atoms with Gasteiger partial charge in [-0.05, 0) is 37.3 Å². The van der Waals surface area contributed by atoms with Crippen molar-refractivity contribution in [3.63, 3.8) is 0 Å². The molecule has 1 unspecified atom stereocenters. The van der Waals surface area contributed by atoms with Gasteiger partial charge in [0, 0.05) is 12.7 Å². The molecule has 132 valence electrons. The van der Waals surface area contributed by atoms with E-state index in [1.807, 2.05) is 0 Å². The number of alkyl halides is 3. The van der Waals surface area contributed by atoms with Crippen LogP contribution in [0.25, 0.3) is 0 Å². The molecule has 1 aromatic rings. The van der Waals surface area contributed by atoms with Gasteiger partial charge < -0.3 is 16.0 Å². The van der Waals surface area contributed by atoms with Gasteiger partial charge in [-0.25, -0.2) is 4.79 Å². The largest absolute Gasteiger partial charge is 0.411 e. The maximum atomic E-state index is 13.3. The monoisotopic (exact) mass is 343 g/mol. The molecule has 3 N–H and O–H groups in total. The van der Waals surface area contributed by atoms with Crippen molar-refractivity contribution in [1.29, 1.82) is 0 Å². The Hall–Kier alpha value is -2.25. The number of anilines is 1. The van der Waals surface area contributed by atoms with Gasteiger partial charge in [-0.2, -0.15) is 13.2 Å². The number of carbonyl (C=O) groups excluding carboxylic acids is 2.